The molecule has 1 rings (SSSR count). The summed E-state index contributed by atoms with van der Waals surface area (Å²) in [6, 6.07) is 6.15. The summed E-state index contributed by atoms with van der Waals surface area (Å²) in [6.45, 7) is 12.1. The quantitative estimate of drug-likeness (QED) is 0.307. The zero-order chi connectivity index (χ0) is 18.9. The van der Waals surface area contributed by atoms with Crippen LogP contribution >= 0.6 is 24.0 Å². The standard InChI is InChI=1S/C19H32N4O2.HI/c1-7-21-17(24)19(4,5)13-23-18(20-6)22-12-15-10-9-14(3)11-16(15)25-8-2;/h9-11H,7-8,12-13H2,1-6H3,(H,21,24)(H2,20,22,23);1H. The number of nitrogens with zero attached hydrogens (tertiary/aromatic N) is 1. The van der Waals surface area contributed by atoms with Crippen LogP contribution in [-0.2, 0) is 11.3 Å². The number of guanidine groups is 1. The average molecular weight is 476 g/mol. The van der Waals surface area contributed by atoms with Gasteiger partial charge in [-0.2, -0.15) is 0 Å². The molecule has 0 radical (unpaired) electrons. The molecule has 0 bridgehead atoms. The van der Waals surface area contributed by atoms with Gasteiger partial charge < -0.3 is 20.7 Å². The molecule has 0 aliphatic heterocycles. The van der Waals surface area contributed by atoms with E-state index in [2.05, 4.69) is 33.1 Å². The molecule has 0 aliphatic rings. The lowest BCUT2D eigenvalue weighted by Gasteiger charge is -2.25. The van der Waals surface area contributed by atoms with Gasteiger partial charge in [-0.05, 0) is 46.2 Å². The van der Waals surface area contributed by atoms with E-state index < -0.39 is 5.41 Å². The summed E-state index contributed by atoms with van der Waals surface area (Å²) in [7, 11) is 1.72. The van der Waals surface area contributed by atoms with Gasteiger partial charge in [0.25, 0.3) is 0 Å². The summed E-state index contributed by atoms with van der Waals surface area (Å²) in [6.07, 6.45) is 0. The van der Waals surface area contributed by atoms with Gasteiger partial charge in [0, 0.05) is 32.2 Å². The Hall–Kier alpha value is -1.51. The van der Waals surface area contributed by atoms with Crippen LogP contribution in [0.2, 0.25) is 0 Å². The molecule has 1 aromatic carbocycles. The van der Waals surface area contributed by atoms with Gasteiger partial charge in [0.1, 0.15) is 5.75 Å². The third-order valence-corrected chi connectivity index (χ3v) is 3.84. The van der Waals surface area contributed by atoms with E-state index in [0.717, 1.165) is 11.3 Å². The topological polar surface area (TPSA) is 74.8 Å². The third kappa shape index (κ3) is 7.80. The maximum atomic E-state index is 12.1. The first-order valence-corrected chi connectivity index (χ1v) is 8.79. The van der Waals surface area contributed by atoms with E-state index in [1.54, 1.807) is 7.05 Å². The highest BCUT2D eigenvalue weighted by Crippen LogP contribution is 2.20. The molecule has 0 heterocycles. The number of aryl methyl sites for hydroxylation is 1. The van der Waals surface area contributed by atoms with Gasteiger partial charge in [-0.15, -0.1) is 24.0 Å². The molecule has 0 aliphatic carbocycles. The highest BCUT2D eigenvalue weighted by Gasteiger charge is 2.27. The summed E-state index contributed by atoms with van der Waals surface area (Å²) in [5.74, 6) is 1.56. The summed E-state index contributed by atoms with van der Waals surface area (Å²) < 4.78 is 5.70. The number of nitrogens with one attached hydrogen (secondary N) is 3. The van der Waals surface area contributed by atoms with Crippen LogP contribution < -0.4 is 20.7 Å². The van der Waals surface area contributed by atoms with Crippen molar-refractivity contribution in [1.82, 2.24) is 16.0 Å². The Balaban J connectivity index is 0.00000625. The van der Waals surface area contributed by atoms with Crippen LogP contribution in [0, 0.1) is 12.3 Å². The highest BCUT2D eigenvalue weighted by molar-refractivity contribution is 14.0. The van der Waals surface area contributed by atoms with Crippen LogP contribution in [-0.4, -0.2) is 38.6 Å². The molecule has 0 saturated heterocycles. The maximum absolute atomic E-state index is 12.1. The second kappa shape index (κ2) is 12.0. The van der Waals surface area contributed by atoms with Gasteiger partial charge in [-0.1, -0.05) is 12.1 Å². The first-order valence-electron chi connectivity index (χ1n) is 8.79. The second-order valence-corrected chi connectivity index (χ2v) is 6.57. The molecule has 0 spiro atoms. The monoisotopic (exact) mass is 476 g/mol. The van der Waals surface area contributed by atoms with Crippen molar-refractivity contribution < 1.29 is 9.53 Å². The minimum atomic E-state index is -0.520. The number of halogens is 1. The Bertz CT molecular complexity index is 603. The van der Waals surface area contributed by atoms with Crippen molar-refractivity contribution in [2.45, 2.75) is 41.2 Å². The fraction of sp³-hybridized carbons (Fsp3) is 0.579. The van der Waals surface area contributed by atoms with Crippen molar-refractivity contribution in [3.63, 3.8) is 0 Å². The minimum Gasteiger partial charge on any atom is -0.494 e. The van der Waals surface area contributed by atoms with Gasteiger partial charge in [-0.25, -0.2) is 0 Å². The molecule has 0 atom stereocenters. The van der Waals surface area contributed by atoms with E-state index in [9.17, 15) is 4.79 Å². The van der Waals surface area contributed by atoms with Crippen molar-refractivity contribution in [1.29, 1.82) is 0 Å². The summed E-state index contributed by atoms with van der Waals surface area (Å²) in [4.78, 5) is 16.3. The third-order valence-electron chi connectivity index (χ3n) is 3.84. The van der Waals surface area contributed by atoms with Crippen molar-refractivity contribution in [3.8, 4) is 5.75 Å². The predicted octanol–water partition coefficient (Wildman–Crippen LogP) is 2.84. The molecule has 6 nitrogen and oxygen atoms in total. The lowest BCUT2D eigenvalue weighted by atomic mass is 9.92. The van der Waals surface area contributed by atoms with Gasteiger partial charge >= 0.3 is 0 Å². The van der Waals surface area contributed by atoms with Gasteiger partial charge in [0.05, 0.1) is 12.0 Å². The lowest BCUT2D eigenvalue weighted by Crippen LogP contribution is -2.47. The molecule has 148 valence electrons. The summed E-state index contributed by atoms with van der Waals surface area (Å²) in [5, 5.41) is 9.35. The number of rotatable bonds is 8. The number of hydrogen-bond donors (Lipinski definition) is 3. The van der Waals surface area contributed by atoms with Crippen LogP contribution in [0.25, 0.3) is 0 Å². The Morgan fingerprint density at radius 1 is 1.19 bits per heavy atom. The molecular weight excluding hydrogens is 443 g/mol. The largest absolute Gasteiger partial charge is 0.494 e. The number of carbonyl (C=O) groups is 1. The molecule has 0 fully saturated rings. The zero-order valence-electron chi connectivity index (χ0n) is 16.7. The average Bonchev–Trinajstić information content (AvgIpc) is 2.57. The molecule has 1 amide bonds. The molecular formula is C19H33IN4O2. The van der Waals surface area contributed by atoms with E-state index in [1.807, 2.05) is 40.7 Å². The predicted molar refractivity (Wildman–Crippen MR) is 118 cm³/mol. The number of carbonyl (C=O) groups excluding carboxylic acids is 1. The van der Waals surface area contributed by atoms with E-state index in [-0.39, 0.29) is 29.9 Å². The molecule has 0 unspecified atom stereocenters. The van der Waals surface area contributed by atoms with Crippen LogP contribution in [0.5, 0.6) is 5.75 Å². The molecule has 0 aromatic heterocycles. The van der Waals surface area contributed by atoms with Gasteiger partial charge in [-0.3, -0.25) is 9.79 Å². The Morgan fingerprint density at radius 3 is 2.46 bits per heavy atom. The minimum absolute atomic E-state index is 0. The molecule has 0 saturated carbocycles. The molecule has 3 N–H and O–H groups in total. The van der Waals surface area contributed by atoms with Crippen molar-refractivity contribution in [2.24, 2.45) is 10.4 Å². The SMILES string of the molecule is CCNC(=O)C(C)(C)CNC(=NC)NCc1ccc(C)cc1OCC.I. The number of aliphatic imine (C=N–C) groups is 1. The number of amides is 1. The zero-order valence-corrected chi connectivity index (χ0v) is 19.1. The van der Waals surface area contributed by atoms with Crippen LogP contribution in [0.15, 0.2) is 23.2 Å². The summed E-state index contributed by atoms with van der Waals surface area (Å²) >= 11 is 0. The van der Waals surface area contributed by atoms with Crippen LogP contribution in [0.4, 0.5) is 0 Å². The van der Waals surface area contributed by atoms with Gasteiger partial charge in [0.2, 0.25) is 5.91 Å². The van der Waals surface area contributed by atoms with Crippen LogP contribution in [0.3, 0.4) is 0 Å². The Kier molecular flexibility index (Phi) is 11.3. The van der Waals surface area contributed by atoms with E-state index in [4.69, 9.17) is 4.74 Å². The first-order chi connectivity index (χ1) is 11.8. The number of ether oxygens (including phenoxy) is 1. The Morgan fingerprint density at radius 2 is 1.88 bits per heavy atom. The second-order valence-electron chi connectivity index (χ2n) is 6.57. The molecule has 1 aromatic rings. The van der Waals surface area contributed by atoms with Crippen molar-refractivity contribution >= 4 is 35.8 Å². The fourth-order valence-corrected chi connectivity index (χ4v) is 2.28. The first kappa shape index (κ1) is 24.5. The smallest absolute Gasteiger partial charge is 0.227 e. The maximum Gasteiger partial charge on any atom is 0.227 e. The van der Waals surface area contributed by atoms with E-state index in [0.29, 0.717) is 32.2 Å². The molecule has 7 heteroatoms. The van der Waals surface area contributed by atoms with E-state index in [1.165, 1.54) is 5.56 Å². The Labute approximate surface area is 174 Å². The fourth-order valence-electron chi connectivity index (χ4n) is 2.28. The highest BCUT2D eigenvalue weighted by atomic mass is 127. The normalized spacial score (nSPS) is 11.4. The lowest BCUT2D eigenvalue weighted by molar-refractivity contribution is -0.128. The van der Waals surface area contributed by atoms with E-state index >= 15 is 0 Å². The van der Waals surface area contributed by atoms with Crippen LogP contribution in [0.1, 0.15) is 38.8 Å². The number of hydrogen-bond acceptors (Lipinski definition) is 3. The van der Waals surface area contributed by atoms with Crippen molar-refractivity contribution in [2.75, 3.05) is 26.7 Å². The van der Waals surface area contributed by atoms with Crippen molar-refractivity contribution in [3.05, 3.63) is 29.3 Å². The summed E-state index contributed by atoms with van der Waals surface area (Å²) in [5.41, 5.74) is 1.71. The number of benzene rings is 1. The molecule has 26 heavy (non-hydrogen) atoms. The van der Waals surface area contributed by atoms with Gasteiger partial charge in [0.15, 0.2) is 5.96 Å².